The van der Waals surface area contributed by atoms with Gasteiger partial charge in [-0.2, -0.15) is 0 Å². The standard InChI is InChI=1S/C27H36N2O4S/c1-8-33-20-11-10-18(16-19(20)27(3,4)5)23(30)21-22(25-17(2)12-15-34-25)29(26(32)24(21)31)14-9-13-28(6)7/h10-12,15-16,22,30H,8-9,13-14H2,1-7H3/b23-21-. The van der Waals surface area contributed by atoms with Crippen LogP contribution in [0.1, 0.15) is 61.7 Å². The molecule has 6 nitrogen and oxygen atoms in total. The summed E-state index contributed by atoms with van der Waals surface area (Å²) < 4.78 is 5.81. The van der Waals surface area contributed by atoms with Crippen LogP contribution in [0.25, 0.3) is 5.76 Å². The van der Waals surface area contributed by atoms with E-state index >= 15 is 0 Å². The molecule has 3 rings (SSSR count). The predicted molar refractivity (Wildman–Crippen MR) is 138 cm³/mol. The Bertz CT molecular complexity index is 1090. The first kappa shape index (κ1) is 26.0. The predicted octanol–water partition coefficient (Wildman–Crippen LogP) is 5.13. The number of aryl methyl sites for hydroxylation is 1. The summed E-state index contributed by atoms with van der Waals surface area (Å²) in [6.07, 6.45) is 0.734. The van der Waals surface area contributed by atoms with Crippen LogP contribution in [0, 0.1) is 6.92 Å². The maximum Gasteiger partial charge on any atom is 0.295 e. The molecule has 1 fully saturated rings. The molecule has 0 aliphatic carbocycles. The molecule has 1 atom stereocenters. The van der Waals surface area contributed by atoms with Gasteiger partial charge in [-0.25, -0.2) is 0 Å². The number of likely N-dealkylation sites (tertiary alicyclic amines) is 1. The smallest absolute Gasteiger partial charge is 0.295 e. The number of benzene rings is 1. The number of carbonyl (C=O) groups excluding carboxylic acids is 2. The van der Waals surface area contributed by atoms with E-state index in [4.69, 9.17) is 4.74 Å². The lowest BCUT2D eigenvalue weighted by molar-refractivity contribution is -0.139. The van der Waals surface area contributed by atoms with Crippen molar-refractivity contribution in [2.45, 2.75) is 52.5 Å². The number of aliphatic hydroxyl groups is 1. The monoisotopic (exact) mass is 484 g/mol. The Kier molecular flexibility index (Phi) is 7.88. The summed E-state index contributed by atoms with van der Waals surface area (Å²) in [4.78, 5) is 30.9. The second kappa shape index (κ2) is 10.3. The highest BCUT2D eigenvalue weighted by atomic mass is 32.1. The molecule has 1 amide bonds. The third-order valence-corrected chi connectivity index (χ3v) is 7.13. The number of hydrogen-bond acceptors (Lipinski definition) is 6. The van der Waals surface area contributed by atoms with Gasteiger partial charge in [0.25, 0.3) is 11.7 Å². The van der Waals surface area contributed by atoms with Crippen molar-refractivity contribution < 1.29 is 19.4 Å². The number of ketones is 1. The average Bonchev–Trinajstić information content (AvgIpc) is 3.28. The number of amides is 1. The zero-order valence-electron chi connectivity index (χ0n) is 21.3. The number of aliphatic hydroxyl groups excluding tert-OH is 1. The van der Waals surface area contributed by atoms with Crippen LogP contribution in [-0.4, -0.2) is 60.4 Å². The molecular formula is C27H36N2O4S. The molecule has 1 aliphatic heterocycles. The fourth-order valence-electron chi connectivity index (χ4n) is 4.31. The Morgan fingerprint density at radius 2 is 1.91 bits per heavy atom. The highest BCUT2D eigenvalue weighted by molar-refractivity contribution is 7.10. The van der Waals surface area contributed by atoms with Crippen molar-refractivity contribution in [1.29, 1.82) is 0 Å². The lowest BCUT2D eigenvalue weighted by atomic mass is 9.84. The minimum absolute atomic E-state index is 0.139. The van der Waals surface area contributed by atoms with Gasteiger partial charge in [0.15, 0.2) is 0 Å². The number of thiophene rings is 1. The summed E-state index contributed by atoms with van der Waals surface area (Å²) in [5.74, 6) is -0.576. The van der Waals surface area contributed by atoms with Crippen LogP contribution in [-0.2, 0) is 15.0 Å². The Hall–Kier alpha value is -2.64. The van der Waals surface area contributed by atoms with E-state index < -0.39 is 17.7 Å². The van der Waals surface area contributed by atoms with Gasteiger partial charge < -0.3 is 19.6 Å². The summed E-state index contributed by atoms with van der Waals surface area (Å²) in [6.45, 7) is 11.9. The molecule has 1 unspecified atom stereocenters. The van der Waals surface area contributed by atoms with Gasteiger partial charge in [0.05, 0.1) is 18.2 Å². The summed E-state index contributed by atoms with van der Waals surface area (Å²) >= 11 is 1.51. The van der Waals surface area contributed by atoms with Crippen LogP contribution < -0.4 is 4.74 Å². The van der Waals surface area contributed by atoms with Crippen molar-refractivity contribution >= 4 is 28.8 Å². The van der Waals surface area contributed by atoms with E-state index in [-0.39, 0.29) is 16.7 Å². The quantitative estimate of drug-likeness (QED) is 0.320. The third-order valence-electron chi connectivity index (χ3n) is 6.06. The molecule has 34 heavy (non-hydrogen) atoms. The second-order valence-electron chi connectivity index (χ2n) is 10.0. The zero-order valence-corrected chi connectivity index (χ0v) is 22.1. The van der Waals surface area contributed by atoms with Gasteiger partial charge in [-0.15, -0.1) is 11.3 Å². The number of carbonyl (C=O) groups is 2. The maximum atomic E-state index is 13.3. The van der Waals surface area contributed by atoms with Gasteiger partial charge in [0.2, 0.25) is 0 Å². The Labute approximate surface area is 206 Å². The minimum Gasteiger partial charge on any atom is -0.507 e. The summed E-state index contributed by atoms with van der Waals surface area (Å²) in [6, 6.07) is 6.85. The summed E-state index contributed by atoms with van der Waals surface area (Å²) in [5, 5.41) is 13.4. The highest BCUT2D eigenvalue weighted by Crippen LogP contribution is 2.43. The molecule has 0 bridgehead atoms. The van der Waals surface area contributed by atoms with Crippen molar-refractivity contribution in [2.24, 2.45) is 0 Å². The van der Waals surface area contributed by atoms with Crippen LogP contribution >= 0.6 is 11.3 Å². The lowest BCUT2D eigenvalue weighted by Gasteiger charge is -2.26. The minimum atomic E-state index is -0.633. The molecule has 0 spiro atoms. The van der Waals surface area contributed by atoms with Crippen molar-refractivity contribution in [1.82, 2.24) is 9.80 Å². The third kappa shape index (κ3) is 5.20. The largest absolute Gasteiger partial charge is 0.507 e. The zero-order chi connectivity index (χ0) is 25.2. The number of Topliss-reactive ketones (excluding diaryl/α,β-unsaturated/α-hetero) is 1. The highest BCUT2D eigenvalue weighted by Gasteiger charge is 2.46. The van der Waals surface area contributed by atoms with Crippen LogP contribution in [0.5, 0.6) is 5.75 Å². The van der Waals surface area contributed by atoms with Crippen molar-refractivity contribution in [3.63, 3.8) is 0 Å². The van der Waals surface area contributed by atoms with E-state index in [1.807, 2.05) is 51.5 Å². The number of rotatable bonds is 8. The van der Waals surface area contributed by atoms with Crippen LogP contribution in [0.15, 0.2) is 35.2 Å². The first-order valence-corrected chi connectivity index (χ1v) is 12.6. The lowest BCUT2D eigenvalue weighted by Crippen LogP contribution is -2.32. The molecule has 7 heteroatoms. The fraction of sp³-hybridized carbons (Fsp3) is 0.481. The molecule has 0 radical (unpaired) electrons. The Morgan fingerprint density at radius 1 is 1.21 bits per heavy atom. The first-order chi connectivity index (χ1) is 16.0. The summed E-state index contributed by atoms with van der Waals surface area (Å²) in [7, 11) is 3.96. The molecule has 1 aromatic heterocycles. The first-order valence-electron chi connectivity index (χ1n) is 11.7. The molecule has 1 saturated heterocycles. The Balaban J connectivity index is 2.14. The Morgan fingerprint density at radius 3 is 2.47 bits per heavy atom. The average molecular weight is 485 g/mol. The van der Waals surface area contributed by atoms with Crippen LogP contribution in [0.4, 0.5) is 0 Å². The van der Waals surface area contributed by atoms with Crippen LogP contribution in [0.2, 0.25) is 0 Å². The number of ether oxygens (including phenoxy) is 1. The van der Waals surface area contributed by atoms with Gasteiger partial charge in [0.1, 0.15) is 11.5 Å². The molecule has 2 aromatic rings. The van der Waals surface area contributed by atoms with Gasteiger partial charge in [-0.1, -0.05) is 20.8 Å². The fourth-order valence-corrected chi connectivity index (χ4v) is 5.35. The molecule has 2 heterocycles. The maximum absolute atomic E-state index is 13.3. The molecule has 1 N–H and O–H groups in total. The molecule has 0 saturated carbocycles. The molecular weight excluding hydrogens is 448 g/mol. The molecule has 1 aliphatic rings. The molecule has 1 aromatic carbocycles. The van der Waals surface area contributed by atoms with E-state index in [1.165, 1.54) is 11.3 Å². The molecule has 184 valence electrons. The van der Waals surface area contributed by atoms with Crippen molar-refractivity contribution in [2.75, 3.05) is 33.8 Å². The SMILES string of the molecule is CCOc1ccc(/C(O)=C2/C(=O)C(=O)N(CCCN(C)C)C2c2sccc2C)cc1C(C)(C)C. The number of nitrogens with zero attached hydrogens (tertiary/aromatic N) is 2. The van der Waals surface area contributed by atoms with Gasteiger partial charge >= 0.3 is 0 Å². The van der Waals surface area contributed by atoms with Gasteiger partial charge in [0, 0.05) is 22.5 Å². The van der Waals surface area contributed by atoms with Crippen molar-refractivity contribution in [3.05, 3.63) is 56.8 Å². The van der Waals surface area contributed by atoms with Gasteiger partial charge in [-0.3, -0.25) is 9.59 Å². The van der Waals surface area contributed by atoms with E-state index in [9.17, 15) is 14.7 Å². The van der Waals surface area contributed by atoms with E-state index in [0.717, 1.165) is 34.7 Å². The summed E-state index contributed by atoms with van der Waals surface area (Å²) in [5.41, 5.74) is 2.37. The second-order valence-corrected chi connectivity index (χ2v) is 11.0. The van der Waals surface area contributed by atoms with E-state index in [0.29, 0.717) is 18.7 Å². The number of hydrogen-bond donors (Lipinski definition) is 1. The van der Waals surface area contributed by atoms with E-state index in [1.54, 1.807) is 11.0 Å². The van der Waals surface area contributed by atoms with Crippen molar-refractivity contribution in [3.8, 4) is 5.75 Å². The topological polar surface area (TPSA) is 70.1 Å². The van der Waals surface area contributed by atoms with Gasteiger partial charge in [-0.05, 0) is 81.5 Å². The van der Waals surface area contributed by atoms with E-state index in [2.05, 4.69) is 25.7 Å². The van der Waals surface area contributed by atoms with Crippen LogP contribution in [0.3, 0.4) is 0 Å². The normalized spacial score (nSPS) is 18.2.